The Morgan fingerprint density at radius 2 is 2.00 bits per heavy atom. The number of aliphatic hydroxyl groups excluding tert-OH is 1. The van der Waals surface area contributed by atoms with E-state index in [4.69, 9.17) is 0 Å². The molecule has 0 aromatic rings. The van der Waals surface area contributed by atoms with Crippen LogP contribution in [0.3, 0.4) is 0 Å². The van der Waals surface area contributed by atoms with Crippen LogP contribution in [0.2, 0.25) is 0 Å². The van der Waals surface area contributed by atoms with E-state index < -0.39 is 5.41 Å². The van der Waals surface area contributed by atoms with Crippen LogP contribution < -0.4 is 0 Å². The number of hydrogen-bond acceptors (Lipinski definition) is 2. The molecular weight excluding hydrogens is 212 g/mol. The van der Waals surface area contributed by atoms with E-state index in [1.165, 1.54) is 25.7 Å². The lowest BCUT2D eigenvalue weighted by molar-refractivity contribution is -0.120. The zero-order valence-electron chi connectivity index (χ0n) is 11.4. The summed E-state index contributed by atoms with van der Waals surface area (Å²) in [5, 5.41) is 9.61. The van der Waals surface area contributed by atoms with Crippen LogP contribution in [0.1, 0.15) is 52.9 Å². The van der Waals surface area contributed by atoms with Crippen LogP contribution in [-0.2, 0) is 4.79 Å². The lowest BCUT2D eigenvalue weighted by Gasteiger charge is -2.36. The molecule has 0 amide bonds. The zero-order chi connectivity index (χ0) is 12.7. The van der Waals surface area contributed by atoms with E-state index in [9.17, 15) is 9.90 Å². The first kappa shape index (κ1) is 13.1. The highest BCUT2D eigenvalue weighted by Gasteiger charge is 2.55. The van der Waals surface area contributed by atoms with Crippen molar-refractivity contribution in [1.29, 1.82) is 0 Å². The summed E-state index contributed by atoms with van der Waals surface area (Å²) in [6.45, 7) is 6.73. The summed E-state index contributed by atoms with van der Waals surface area (Å²) in [5.41, 5.74) is -0.281. The van der Waals surface area contributed by atoms with Gasteiger partial charge in [0.25, 0.3) is 0 Å². The Bertz CT molecular complexity index is 293. The van der Waals surface area contributed by atoms with Crippen molar-refractivity contribution in [2.75, 3.05) is 6.61 Å². The first-order valence-corrected chi connectivity index (χ1v) is 7.02. The van der Waals surface area contributed by atoms with Gasteiger partial charge in [0.15, 0.2) is 0 Å². The molecule has 2 heteroatoms. The monoisotopic (exact) mass is 238 g/mol. The first-order chi connectivity index (χ1) is 7.95. The Morgan fingerprint density at radius 3 is 2.35 bits per heavy atom. The predicted molar refractivity (Wildman–Crippen MR) is 68.6 cm³/mol. The lowest BCUT2D eigenvalue weighted by Crippen LogP contribution is -2.32. The molecule has 0 radical (unpaired) electrons. The highest BCUT2D eigenvalue weighted by molar-refractivity contribution is 5.61. The van der Waals surface area contributed by atoms with Gasteiger partial charge in [0.1, 0.15) is 6.29 Å². The van der Waals surface area contributed by atoms with Crippen LogP contribution in [0, 0.1) is 28.6 Å². The van der Waals surface area contributed by atoms with E-state index in [0.717, 1.165) is 18.6 Å². The van der Waals surface area contributed by atoms with Gasteiger partial charge in [0.2, 0.25) is 0 Å². The maximum Gasteiger partial charge on any atom is 0.128 e. The molecular formula is C15H26O2. The smallest absolute Gasteiger partial charge is 0.128 e. The van der Waals surface area contributed by atoms with Crippen LogP contribution in [0.15, 0.2) is 0 Å². The maximum absolute atomic E-state index is 11.4. The average molecular weight is 238 g/mol. The fraction of sp³-hybridized carbons (Fsp3) is 0.933. The molecule has 2 rings (SSSR count). The van der Waals surface area contributed by atoms with Gasteiger partial charge in [-0.1, -0.05) is 40.0 Å². The molecule has 17 heavy (non-hydrogen) atoms. The van der Waals surface area contributed by atoms with Crippen LogP contribution >= 0.6 is 0 Å². The summed E-state index contributed by atoms with van der Waals surface area (Å²) in [5.74, 6) is 1.79. The first-order valence-electron chi connectivity index (χ1n) is 7.02. The summed E-state index contributed by atoms with van der Waals surface area (Å²) in [6, 6.07) is 0. The van der Waals surface area contributed by atoms with Gasteiger partial charge in [-0.05, 0) is 36.0 Å². The highest BCUT2D eigenvalue weighted by Crippen LogP contribution is 2.58. The Hall–Kier alpha value is -0.370. The molecule has 0 spiro atoms. The van der Waals surface area contributed by atoms with Gasteiger partial charge in [-0.2, -0.15) is 0 Å². The molecule has 0 aromatic heterocycles. The molecule has 2 aliphatic carbocycles. The molecule has 3 atom stereocenters. The van der Waals surface area contributed by atoms with Gasteiger partial charge < -0.3 is 9.90 Å². The fourth-order valence-corrected chi connectivity index (χ4v) is 4.21. The third-order valence-corrected chi connectivity index (χ3v) is 5.64. The fourth-order valence-electron chi connectivity index (χ4n) is 4.21. The highest BCUT2D eigenvalue weighted by atomic mass is 16.3. The van der Waals surface area contributed by atoms with Gasteiger partial charge in [0.05, 0.1) is 12.0 Å². The van der Waals surface area contributed by atoms with Crippen molar-refractivity contribution in [2.24, 2.45) is 28.6 Å². The van der Waals surface area contributed by atoms with E-state index in [1.54, 1.807) is 0 Å². The SMILES string of the molecule is CC1C(CC2CCC2)C(C)(C)CC1(C=O)CO. The van der Waals surface area contributed by atoms with Crippen molar-refractivity contribution in [2.45, 2.75) is 52.9 Å². The van der Waals surface area contributed by atoms with E-state index in [-0.39, 0.29) is 12.0 Å². The molecule has 2 nitrogen and oxygen atoms in total. The molecule has 0 aromatic carbocycles. The Labute approximate surface area is 105 Å². The minimum absolute atomic E-state index is 0.0161. The average Bonchev–Trinajstić information content (AvgIpc) is 2.42. The largest absolute Gasteiger partial charge is 0.395 e. The minimum atomic E-state index is -0.474. The van der Waals surface area contributed by atoms with Crippen molar-refractivity contribution in [3.63, 3.8) is 0 Å². The Morgan fingerprint density at radius 1 is 1.35 bits per heavy atom. The van der Waals surface area contributed by atoms with Crippen LogP contribution in [0.25, 0.3) is 0 Å². The van der Waals surface area contributed by atoms with E-state index >= 15 is 0 Å². The maximum atomic E-state index is 11.4. The van der Waals surface area contributed by atoms with Gasteiger partial charge in [-0.3, -0.25) is 0 Å². The number of aliphatic hydroxyl groups is 1. The predicted octanol–water partition coefficient (Wildman–Crippen LogP) is 3.04. The quantitative estimate of drug-likeness (QED) is 0.764. The van der Waals surface area contributed by atoms with E-state index in [1.807, 2.05) is 0 Å². The third kappa shape index (κ3) is 2.05. The molecule has 98 valence electrons. The standard InChI is InChI=1S/C15H26O2/c1-11-13(7-12-5-4-6-12)14(2,3)8-15(11,9-16)10-17/h9,11-13,17H,4-8,10H2,1-3H3. The van der Waals surface area contributed by atoms with Crippen LogP contribution in [0.4, 0.5) is 0 Å². The molecule has 2 fully saturated rings. The normalized spacial score (nSPS) is 41.2. The van der Waals surface area contributed by atoms with Crippen molar-refractivity contribution in [3.05, 3.63) is 0 Å². The Balaban J connectivity index is 2.16. The van der Waals surface area contributed by atoms with Crippen molar-refractivity contribution >= 4 is 6.29 Å². The summed E-state index contributed by atoms with van der Waals surface area (Å²) in [6.07, 6.45) is 7.24. The molecule has 1 N–H and O–H groups in total. The number of carbonyl (C=O) groups is 1. The molecule has 0 saturated heterocycles. The third-order valence-electron chi connectivity index (χ3n) is 5.64. The van der Waals surface area contributed by atoms with Gasteiger partial charge in [-0.25, -0.2) is 0 Å². The van der Waals surface area contributed by atoms with Crippen LogP contribution in [0.5, 0.6) is 0 Å². The Kier molecular flexibility index (Phi) is 3.37. The molecule has 0 heterocycles. The van der Waals surface area contributed by atoms with Crippen molar-refractivity contribution < 1.29 is 9.90 Å². The topological polar surface area (TPSA) is 37.3 Å². The number of carbonyl (C=O) groups excluding carboxylic acids is 1. The molecule has 3 unspecified atom stereocenters. The second-order valence-electron chi connectivity index (χ2n) is 7.10. The van der Waals surface area contributed by atoms with Crippen molar-refractivity contribution in [1.82, 2.24) is 0 Å². The summed E-state index contributed by atoms with van der Waals surface area (Å²) in [7, 11) is 0. The van der Waals surface area contributed by atoms with E-state index in [0.29, 0.717) is 11.8 Å². The summed E-state index contributed by atoms with van der Waals surface area (Å²) >= 11 is 0. The second-order valence-corrected chi connectivity index (χ2v) is 7.10. The second kappa shape index (κ2) is 4.38. The van der Waals surface area contributed by atoms with Crippen molar-refractivity contribution in [3.8, 4) is 0 Å². The van der Waals surface area contributed by atoms with Crippen LogP contribution in [-0.4, -0.2) is 18.0 Å². The van der Waals surface area contributed by atoms with Gasteiger partial charge in [0, 0.05) is 0 Å². The van der Waals surface area contributed by atoms with Gasteiger partial charge >= 0.3 is 0 Å². The number of aldehydes is 1. The van der Waals surface area contributed by atoms with E-state index in [2.05, 4.69) is 20.8 Å². The molecule has 2 saturated carbocycles. The molecule has 0 aliphatic heterocycles. The molecule has 2 aliphatic rings. The number of rotatable bonds is 4. The van der Waals surface area contributed by atoms with Gasteiger partial charge in [-0.15, -0.1) is 0 Å². The zero-order valence-corrected chi connectivity index (χ0v) is 11.4. The minimum Gasteiger partial charge on any atom is -0.395 e. The summed E-state index contributed by atoms with van der Waals surface area (Å²) in [4.78, 5) is 11.4. The molecule has 0 bridgehead atoms. The number of hydrogen-bond donors (Lipinski definition) is 1. The lowest BCUT2D eigenvalue weighted by atomic mass is 9.69. The summed E-state index contributed by atoms with van der Waals surface area (Å²) < 4.78 is 0.